The summed E-state index contributed by atoms with van der Waals surface area (Å²) in [7, 11) is 0. The van der Waals surface area contributed by atoms with Gasteiger partial charge >= 0.3 is 0 Å². The van der Waals surface area contributed by atoms with Crippen molar-refractivity contribution in [3.8, 4) is 11.4 Å². The van der Waals surface area contributed by atoms with Gasteiger partial charge in [-0.05, 0) is 12.1 Å². The highest BCUT2D eigenvalue weighted by atomic mass is 16.6. The Kier molecular flexibility index (Phi) is 1.94. The second-order valence-corrected chi connectivity index (χ2v) is 2.62. The van der Waals surface area contributed by atoms with Gasteiger partial charge in [-0.2, -0.15) is 5.10 Å². The molecular formula is C8H6N4O2. The van der Waals surface area contributed by atoms with Gasteiger partial charge in [-0.25, -0.2) is 4.98 Å². The molecule has 0 aliphatic carbocycles. The first-order valence-electron chi connectivity index (χ1n) is 3.88. The second-order valence-electron chi connectivity index (χ2n) is 2.62. The van der Waals surface area contributed by atoms with Crippen LogP contribution in [-0.2, 0) is 0 Å². The Labute approximate surface area is 78.8 Å². The summed E-state index contributed by atoms with van der Waals surface area (Å²) in [4.78, 5) is 13.8. The van der Waals surface area contributed by atoms with Crippen LogP contribution in [-0.4, -0.2) is 20.1 Å². The third-order valence-corrected chi connectivity index (χ3v) is 1.72. The number of pyridine rings is 1. The molecule has 2 aromatic heterocycles. The highest BCUT2D eigenvalue weighted by Crippen LogP contribution is 2.16. The van der Waals surface area contributed by atoms with Crippen LogP contribution in [0.3, 0.4) is 0 Å². The zero-order valence-corrected chi connectivity index (χ0v) is 7.04. The number of nitro groups is 1. The number of aromatic amines is 1. The standard InChI is InChI=1S/C8H6N4O2/c13-12(14)6-1-2-7(9-5-6)8-3-4-10-11-8/h1-5H,(H,10,11). The van der Waals surface area contributed by atoms with E-state index in [1.807, 2.05) is 0 Å². The van der Waals surface area contributed by atoms with Crippen molar-refractivity contribution in [1.29, 1.82) is 0 Å². The van der Waals surface area contributed by atoms with Gasteiger partial charge in [0.2, 0.25) is 0 Å². The van der Waals surface area contributed by atoms with E-state index >= 15 is 0 Å². The summed E-state index contributed by atoms with van der Waals surface area (Å²) in [5.41, 5.74) is 1.25. The van der Waals surface area contributed by atoms with E-state index in [4.69, 9.17) is 0 Å². The molecule has 0 atom stereocenters. The Bertz CT molecular complexity index is 435. The second kappa shape index (κ2) is 3.25. The predicted molar refractivity (Wildman–Crippen MR) is 48.5 cm³/mol. The summed E-state index contributed by atoms with van der Waals surface area (Å²) < 4.78 is 0. The molecule has 2 aromatic rings. The minimum Gasteiger partial charge on any atom is -0.285 e. The molecule has 0 bridgehead atoms. The van der Waals surface area contributed by atoms with E-state index < -0.39 is 4.92 Å². The SMILES string of the molecule is O=[N+]([O-])c1ccc(-c2cc[nH]n2)nc1. The average molecular weight is 190 g/mol. The molecule has 70 valence electrons. The van der Waals surface area contributed by atoms with E-state index in [1.54, 1.807) is 18.3 Å². The van der Waals surface area contributed by atoms with Crippen molar-refractivity contribution < 1.29 is 4.92 Å². The number of hydrogen-bond donors (Lipinski definition) is 1. The van der Waals surface area contributed by atoms with Crippen molar-refractivity contribution in [3.63, 3.8) is 0 Å². The van der Waals surface area contributed by atoms with Crippen molar-refractivity contribution in [1.82, 2.24) is 15.2 Å². The normalized spacial score (nSPS) is 10.0. The molecule has 0 spiro atoms. The topological polar surface area (TPSA) is 84.7 Å². The average Bonchev–Trinajstić information content (AvgIpc) is 2.71. The van der Waals surface area contributed by atoms with Crippen molar-refractivity contribution in [2.24, 2.45) is 0 Å². The van der Waals surface area contributed by atoms with E-state index in [0.29, 0.717) is 11.4 Å². The summed E-state index contributed by atoms with van der Waals surface area (Å²) in [6, 6.07) is 4.71. The first-order valence-corrected chi connectivity index (χ1v) is 3.88. The van der Waals surface area contributed by atoms with E-state index in [0.717, 1.165) is 0 Å². The summed E-state index contributed by atoms with van der Waals surface area (Å²) in [6.07, 6.45) is 2.88. The smallest absolute Gasteiger partial charge is 0.285 e. The summed E-state index contributed by atoms with van der Waals surface area (Å²) >= 11 is 0. The summed E-state index contributed by atoms with van der Waals surface area (Å²) in [5, 5.41) is 16.9. The van der Waals surface area contributed by atoms with Crippen LogP contribution in [0.4, 0.5) is 5.69 Å². The van der Waals surface area contributed by atoms with E-state index in [2.05, 4.69) is 15.2 Å². The van der Waals surface area contributed by atoms with Crippen LogP contribution >= 0.6 is 0 Å². The molecule has 0 radical (unpaired) electrons. The number of nitrogens with zero attached hydrogens (tertiary/aromatic N) is 3. The molecule has 0 aromatic carbocycles. The molecule has 2 heterocycles. The van der Waals surface area contributed by atoms with Crippen LogP contribution in [0.15, 0.2) is 30.6 Å². The minimum absolute atomic E-state index is 0.0238. The zero-order valence-electron chi connectivity index (χ0n) is 7.04. The number of hydrogen-bond acceptors (Lipinski definition) is 4. The lowest BCUT2D eigenvalue weighted by Gasteiger charge is -1.93. The minimum atomic E-state index is -0.485. The predicted octanol–water partition coefficient (Wildman–Crippen LogP) is 1.38. The molecule has 6 heteroatoms. The lowest BCUT2D eigenvalue weighted by atomic mass is 10.3. The largest absolute Gasteiger partial charge is 0.287 e. The molecule has 6 nitrogen and oxygen atoms in total. The Morgan fingerprint density at radius 3 is 2.64 bits per heavy atom. The molecule has 14 heavy (non-hydrogen) atoms. The number of aromatic nitrogens is 3. The Hall–Kier alpha value is -2.24. The van der Waals surface area contributed by atoms with Gasteiger partial charge in [0, 0.05) is 12.3 Å². The van der Waals surface area contributed by atoms with E-state index in [1.165, 1.54) is 12.3 Å². The van der Waals surface area contributed by atoms with Crippen LogP contribution < -0.4 is 0 Å². The molecule has 0 unspecified atom stereocenters. The van der Waals surface area contributed by atoms with Crippen molar-refractivity contribution in [3.05, 3.63) is 40.7 Å². The third-order valence-electron chi connectivity index (χ3n) is 1.72. The molecular weight excluding hydrogens is 184 g/mol. The van der Waals surface area contributed by atoms with E-state index in [9.17, 15) is 10.1 Å². The molecule has 0 fully saturated rings. The Morgan fingerprint density at radius 2 is 2.14 bits per heavy atom. The Morgan fingerprint density at radius 1 is 1.29 bits per heavy atom. The van der Waals surface area contributed by atoms with Crippen LogP contribution in [0, 0.1) is 10.1 Å². The first-order chi connectivity index (χ1) is 6.77. The fourth-order valence-electron chi connectivity index (χ4n) is 1.05. The van der Waals surface area contributed by atoms with Crippen LogP contribution in [0.25, 0.3) is 11.4 Å². The van der Waals surface area contributed by atoms with Gasteiger partial charge in [0.15, 0.2) is 0 Å². The monoisotopic (exact) mass is 190 g/mol. The van der Waals surface area contributed by atoms with Gasteiger partial charge in [-0.15, -0.1) is 0 Å². The number of rotatable bonds is 2. The lowest BCUT2D eigenvalue weighted by molar-refractivity contribution is -0.385. The summed E-state index contributed by atoms with van der Waals surface area (Å²) in [6.45, 7) is 0. The van der Waals surface area contributed by atoms with Crippen LogP contribution in [0.5, 0.6) is 0 Å². The molecule has 0 aliphatic heterocycles. The molecule has 0 aliphatic rings. The maximum absolute atomic E-state index is 10.3. The van der Waals surface area contributed by atoms with Crippen LogP contribution in [0.1, 0.15) is 0 Å². The number of H-pyrrole nitrogens is 1. The summed E-state index contributed by atoms with van der Waals surface area (Å²) in [5.74, 6) is 0. The van der Waals surface area contributed by atoms with Gasteiger partial charge in [-0.3, -0.25) is 15.2 Å². The van der Waals surface area contributed by atoms with Gasteiger partial charge in [0.05, 0.1) is 10.6 Å². The maximum Gasteiger partial charge on any atom is 0.287 e. The molecule has 2 rings (SSSR count). The lowest BCUT2D eigenvalue weighted by Crippen LogP contribution is -1.90. The van der Waals surface area contributed by atoms with Gasteiger partial charge in [0.25, 0.3) is 5.69 Å². The van der Waals surface area contributed by atoms with Gasteiger partial charge in [-0.1, -0.05) is 0 Å². The van der Waals surface area contributed by atoms with Crippen LogP contribution in [0.2, 0.25) is 0 Å². The zero-order chi connectivity index (χ0) is 9.97. The first kappa shape index (κ1) is 8.36. The fraction of sp³-hybridized carbons (Fsp3) is 0. The molecule has 0 saturated carbocycles. The molecule has 0 saturated heterocycles. The maximum atomic E-state index is 10.3. The highest BCUT2D eigenvalue weighted by molar-refractivity contribution is 5.54. The quantitative estimate of drug-likeness (QED) is 0.572. The highest BCUT2D eigenvalue weighted by Gasteiger charge is 2.06. The molecule has 0 amide bonds. The van der Waals surface area contributed by atoms with Crippen molar-refractivity contribution in [2.75, 3.05) is 0 Å². The van der Waals surface area contributed by atoms with E-state index in [-0.39, 0.29) is 5.69 Å². The number of nitrogens with one attached hydrogen (secondary N) is 1. The fourth-order valence-corrected chi connectivity index (χ4v) is 1.05. The van der Waals surface area contributed by atoms with Crippen molar-refractivity contribution >= 4 is 5.69 Å². The van der Waals surface area contributed by atoms with Gasteiger partial charge in [0.1, 0.15) is 11.9 Å². The molecule has 1 N–H and O–H groups in total. The Balaban J connectivity index is 2.36. The van der Waals surface area contributed by atoms with Crippen molar-refractivity contribution in [2.45, 2.75) is 0 Å². The van der Waals surface area contributed by atoms with Gasteiger partial charge < -0.3 is 0 Å². The third kappa shape index (κ3) is 1.45.